The second-order valence-electron chi connectivity index (χ2n) is 6.50. The summed E-state index contributed by atoms with van der Waals surface area (Å²) in [4.78, 5) is 40.5. The van der Waals surface area contributed by atoms with Gasteiger partial charge in [0.25, 0.3) is 5.91 Å². The van der Waals surface area contributed by atoms with Crippen LogP contribution in [0.25, 0.3) is 0 Å². The largest absolute Gasteiger partial charge is 0.346 e. The highest BCUT2D eigenvalue weighted by Gasteiger charge is 2.37. The number of likely N-dealkylation sites (tertiary alicyclic amines) is 1. The van der Waals surface area contributed by atoms with Crippen LogP contribution in [-0.2, 0) is 14.4 Å². The predicted octanol–water partition coefficient (Wildman–Crippen LogP) is 0.421. The predicted molar refractivity (Wildman–Crippen MR) is 94.0 cm³/mol. The van der Waals surface area contributed by atoms with Gasteiger partial charge in [0.1, 0.15) is 6.04 Å². The zero-order valence-corrected chi connectivity index (χ0v) is 14.6. The molecule has 1 saturated heterocycles. The number of rotatable bonds is 4. The molecule has 0 aromatic heterocycles. The molecule has 25 heavy (non-hydrogen) atoms. The van der Waals surface area contributed by atoms with E-state index in [-0.39, 0.29) is 11.9 Å². The van der Waals surface area contributed by atoms with E-state index in [1.807, 2.05) is 18.2 Å². The molecule has 7 heteroatoms. The maximum absolute atomic E-state index is 12.3. The molecule has 2 atom stereocenters. The number of hydrogen-bond donors (Lipinski definition) is 2. The first kappa shape index (κ1) is 17.4. The van der Waals surface area contributed by atoms with Gasteiger partial charge in [-0.05, 0) is 32.0 Å². The number of hydrogen-bond acceptors (Lipinski definition) is 4. The van der Waals surface area contributed by atoms with Gasteiger partial charge in [-0.2, -0.15) is 0 Å². The Labute approximate surface area is 147 Å². The van der Waals surface area contributed by atoms with E-state index < -0.39 is 17.9 Å². The molecule has 0 spiro atoms. The van der Waals surface area contributed by atoms with Gasteiger partial charge < -0.3 is 15.5 Å². The number of nitrogens with zero attached hydrogens (tertiary/aromatic N) is 2. The average Bonchev–Trinajstić information content (AvgIpc) is 3.18. The Kier molecular flexibility index (Phi) is 5.03. The van der Waals surface area contributed by atoms with Crippen molar-refractivity contribution >= 4 is 23.4 Å². The summed E-state index contributed by atoms with van der Waals surface area (Å²) in [6.07, 6.45) is 2.13. The molecule has 1 fully saturated rings. The molecule has 134 valence electrons. The molecule has 2 aliphatic heterocycles. The van der Waals surface area contributed by atoms with Gasteiger partial charge in [0.05, 0.1) is 0 Å². The fourth-order valence-electron chi connectivity index (χ4n) is 3.65. The van der Waals surface area contributed by atoms with E-state index in [0.29, 0.717) is 12.1 Å². The Morgan fingerprint density at radius 2 is 2.00 bits per heavy atom. The third-order valence-corrected chi connectivity index (χ3v) is 5.07. The molecule has 3 rings (SSSR count). The zero-order valence-electron chi connectivity index (χ0n) is 14.6. The zero-order chi connectivity index (χ0) is 18.0. The van der Waals surface area contributed by atoms with E-state index in [1.54, 1.807) is 13.1 Å². The summed E-state index contributed by atoms with van der Waals surface area (Å²) in [5.74, 6) is -1.71. The first-order chi connectivity index (χ1) is 12.0. The highest BCUT2D eigenvalue weighted by Crippen LogP contribution is 2.34. The number of likely N-dealkylation sites (N-methyl/N-ethyl adjacent to an activating group) is 2. The van der Waals surface area contributed by atoms with Crippen LogP contribution in [0.15, 0.2) is 24.3 Å². The van der Waals surface area contributed by atoms with E-state index in [0.717, 1.165) is 31.6 Å². The summed E-state index contributed by atoms with van der Waals surface area (Å²) in [5.41, 5.74) is 1.46. The van der Waals surface area contributed by atoms with E-state index in [2.05, 4.69) is 22.5 Å². The van der Waals surface area contributed by atoms with Crippen LogP contribution in [0.4, 0.5) is 5.69 Å². The van der Waals surface area contributed by atoms with E-state index >= 15 is 0 Å². The Hall–Kier alpha value is -2.41. The summed E-state index contributed by atoms with van der Waals surface area (Å²) in [7, 11) is 1.66. The van der Waals surface area contributed by atoms with Crippen molar-refractivity contribution in [3.05, 3.63) is 29.8 Å². The third kappa shape index (κ3) is 3.37. The fourth-order valence-corrected chi connectivity index (χ4v) is 3.65. The summed E-state index contributed by atoms with van der Waals surface area (Å²) in [5, 5.41) is 5.25. The van der Waals surface area contributed by atoms with Crippen molar-refractivity contribution in [2.24, 2.45) is 0 Å². The maximum atomic E-state index is 12.3. The van der Waals surface area contributed by atoms with Crippen LogP contribution >= 0.6 is 0 Å². The molecule has 1 aromatic rings. The van der Waals surface area contributed by atoms with Gasteiger partial charge >= 0.3 is 11.8 Å². The molecule has 0 aliphatic carbocycles. The third-order valence-electron chi connectivity index (χ3n) is 5.07. The van der Waals surface area contributed by atoms with Gasteiger partial charge in [-0.1, -0.05) is 25.1 Å². The van der Waals surface area contributed by atoms with E-state index in [4.69, 9.17) is 0 Å². The normalized spacial score (nSPS) is 22.8. The average molecular weight is 344 g/mol. The molecule has 3 amide bonds. The Morgan fingerprint density at radius 1 is 1.24 bits per heavy atom. The molecule has 1 aromatic carbocycles. The Morgan fingerprint density at radius 3 is 2.76 bits per heavy atom. The quantitative estimate of drug-likeness (QED) is 0.776. The summed E-state index contributed by atoms with van der Waals surface area (Å²) < 4.78 is 0. The first-order valence-corrected chi connectivity index (χ1v) is 8.72. The van der Waals surface area contributed by atoms with Gasteiger partial charge in [0.2, 0.25) is 0 Å². The standard InChI is InChI=1S/C18H24N4O3/c1-3-22-10-6-7-12(22)11-19-16(23)17(24)20-15-13-8-4-5-9-14(13)21(2)18(15)25/h4-5,8-9,12,15H,3,6-7,10-11H2,1-2H3,(H,19,23)(H,20,24)/t12-,15+/m0/s1. The molecule has 7 nitrogen and oxygen atoms in total. The van der Waals surface area contributed by atoms with Gasteiger partial charge in [-0.15, -0.1) is 0 Å². The number of carbonyl (C=O) groups is 3. The monoisotopic (exact) mass is 344 g/mol. The van der Waals surface area contributed by atoms with Crippen molar-refractivity contribution in [2.75, 3.05) is 31.6 Å². The second kappa shape index (κ2) is 7.23. The van der Waals surface area contributed by atoms with E-state index in [9.17, 15) is 14.4 Å². The SMILES string of the molecule is CCN1CCC[C@H]1CNC(=O)C(=O)N[C@H]1C(=O)N(C)c2ccccc21. The molecule has 2 heterocycles. The van der Waals surface area contributed by atoms with Crippen LogP contribution in [0.2, 0.25) is 0 Å². The van der Waals surface area contributed by atoms with Crippen molar-refractivity contribution in [3.63, 3.8) is 0 Å². The molecule has 0 radical (unpaired) electrons. The highest BCUT2D eigenvalue weighted by atomic mass is 16.2. The lowest BCUT2D eigenvalue weighted by Crippen LogP contribution is -2.47. The van der Waals surface area contributed by atoms with Crippen LogP contribution in [0, 0.1) is 0 Å². The number of nitrogens with one attached hydrogen (secondary N) is 2. The van der Waals surface area contributed by atoms with Crippen LogP contribution in [0.1, 0.15) is 31.4 Å². The van der Waals surface area contributed by atoms with Gasteiger partial charge in [-0.3, -0.25) is 19.3 Å². The Balaban J connectivity index is 1.59. The highest BCUT2D eigenvalue weighted by molar-refractivity contribution is 6.35. The molecule has 2 aliphatic rings. The summed E-state index contributed by atoms with van der Waals surface area (Å²) >= 11 is 0. The summed E-state index contributed by atoms with van der Waals surface area (Å²) in [6.45, 7) is 4.51. The second-order valence-corrected chi connectivity index (χ2v) is 6.50. The van der Waals surface area contributed by atoms with Crippen LogP contribution in [0.5, 0.6) is 0 Å². The Bertz CT molecular complexity index is 691. The van der Waals surface area contributed by atoms with Gasteiger partial charge in [-0.25, -0.2) is 0 Å². The topological polar surface area (TPSA) is 81.8 Å². The molecule has 0 unspecified atom stereocenters. The molecular formula is C18H24N4O3. The van der Waals surface area contributed by atoms with Crippen molar-refractivity contribution in [2.45, 2.75) is 31.8 Å². The lowest BCUT2D eigenvalue weighted by Gasteiger charge is -2.22. The van der Waals surface area contributed by atoms with Crippen molar-refractivity contribution in [1.29, 1.82) is 0 Å². The number of fused-ring (bicyclic) bond motifs is 1. The fraction of sp³-hybridized carbons (Fsp3) is 0.500. The van der Waals surface area contributed by atoms with Gasteiger partial charge in [0, 0.05) is 30.9 Å². The van der Waals surface area contributed by atoms with Gasteiger partial charge in [0.15, 0.2) is 0 Å². The summed E-state index contributed by atoms with van der Waals surface area (Å²) in [6, 6.07) is 6.72. The number of para-hydroxylation sites is 1. The minimum absolute atomic E-state index is 0.240. The van der Waals surface area contributed by atoms with Crippen LogP contribution in [-0.4, -0.2) is 55.3 Å². The smallest absolute Gasteiger partial charge is 0.310 e. The van der Waals surface area contributed by atoms with Crippen LogP contribution < -0.4 is 15.5 Å². The minimum atomic E-state index is -0.807. The number of carbonyl (C=O) groups excluding carboxylic acids is 3. The maximum Gasteiger partial charge on any atom is 0.310 e. The van der Waals surface area contributed by atoms with Crippen molar-refractivity contribution in [3.8, 4) is 0 Å². The number of amides is 3. The number of benzene rings is 1. The first-order valence-electron chi connectivity index (χ1n) is 8.72. The lowest BCUT2D eigenvalue weighted by molar-refractivity contribution is -0.140. The molecular weight excluding hydrogens is 320 g/mol. The molecule has 0 bridgehead atoms. The molecule has 2 N–H and O–H groups in total. The lowest BCUT2D eigenvalue weighted by atomic mass is 10.1. The van der Waals surface area contributed by atoms with Crippen molar-refractivity contribution in [1.82, 2.24) is 15.5 Å². The van der Waals surface area contributed by atoms with Crippen LogP contribution in [0.3, 0.4) is 0 Å². The van der Waals surface area contributed by atoms with E-state index in [1.165, 1.54) is 4.90 Å². The van der Waals surface area contributed by atoms with Crippen molar-refractivity contribution < 1.29 is 14.4 Å². The minimum Gasteiger partial charge on any atom is -0.346 e. The number of anilines is 1. The molecule has 0 saturated carbocycles.